The van der Waals surface area contributed by atoms with E-state index in [-0.39, 0.29) is 30.7 Å². The first kappa shape index (κ1) is 20.7. The van der Waals surface area contributed by atoms with Crippen molar-refractivity contribution in [3.63, 3.8) is 0 Å². The summed E-state index contributed by atoms with van der Waals surface area (Å²) in [4.78, 5) is 25.2. The van der Waals surface area contributed by atoms with Crippen LogP contribution in [0.2, 0.25) is 0 Å². The number of aromatic nitrogens is 2. The molecule has 0 fully saturated rings. The van der Waals surface area contributed by atoms with Gasteiger partial charge in [-0.3, -0.25) is 9.59 Å². The summed E-state index contributed by atoms with van der Waals surface area (Å²) in [6.45, 7) is 2.28. The van der Waals surface area contributed by atoms with Crippen molar-refractivity contribution in [3.05, 3.63) is 65.6 Å². The molecule has 1 aliphatic heterocycles. The highest BCUT2D eigenvalue weighted by atomic mass is 19.1. The van der Waals surface area contributed by atoms with Crippen molar-refractivity contribution in [3.8, 4) is 11.1 Å². The molecule has 31 heavy (non-hydrogen) atoms. The molecule has 2 N–H and O–H groups in total. The van der Waals surface area contributed by atoms with E-state index in [1.54, 1.807) is 19.2 Å². The maximum Gasteiger partial charge on any atom is 0.251 e. The third-order valence-electron chi connectivity index (χ3n) is 5.26. The lowest BCUT2D eigenvalue weighted by Crippen LogP contribution is -2.24. The lowest BCUT2D eigenvalue weighted by molar-refractivity contribution is -0.123. The Labute approximate surface area is 179 Å². The van der Waals surface area contributed by atoms with Crippen molar-refractivity contribution in [2.24, 2.45) is 0 Å². The number of nitrogens with zero attached hydrogens (tertiary/aromatic N) is 2. The predicted octanol–water partition coefficient (Wildman–Crippen LogP) is 3.92. The van der Waals surface area contributed by atoms with Crippen LogP contribution in [0.3, 0.4) is 0 Å². The van der Waals surface area contributed by atoms with Gasteiger partial charge in [-0.05, 0) is 41.8 Å². The average Bonchev–Trinajstić information content (AvgIpc) is 3.25. The zero-order valence-corrected chi connectivity index (χ0v) is 17.3. The monoisotopic (exact) mass is 422 g/mol. The number of carbonyl (C=O) groups is 2. The summed E-state index contributed by atoms with van der Waals surface area (Å²) < 4.78 is 20.2. The van der Waals surface area contributed by atoms with Crippen LogP contribution >= 0.6 is 0 Å². The smallest absolute Gasteiger partial charge is 0.251 e. The number of halogens is 1. The number of benzene rings is 2. The Kier molecular flexibility index (Phi) is 5.81. The van der Waals surface area contributed by atoms with Gasteiger partial charge in [0.15, 0.2) is 0 Å². The van der Waals surface area contributed by atoms with E-state index in [9.17, 15) is 14.0 Å². The number of ether oxygens (including phenoxy) is 1. The number of amides is 2. The minimum Gasteiger partial charge on any atom is -0.378 e. The molecule has 160 valence electrons. The normalized spacial score (nSPS) is 14.9. The van der Waals surface area contributed by atoms with Gasteiger partial charge in [-0.2, -0.15) is 5.10 Å². The fourth-order valence-electron chi connectivity index (χ4n) is 3.69. The molecule has 2 amide bonds. The van der Waals surface area contributed by atoms with Crippen molar-refractivity contribution in [2.75, 3.05) is 17.7 Å². The highest BCUT2D eigenvalue weighted by Crippen LogP contribution is 2.39. The van der Waals surface area contributed by atoms with Crippen LogP contribution < -0.4 is 10.6 Å². The number of rotatable bonds is 7. The molecular weight excluding hydrogens is 399 g/mol. The highest BCUT2D eigenvalue weighted by Gasteiger charge is 2.37. The lowest BCUT2D eigenvalue weighted by Gasteiger charge is -2.10. The Morgan fingerprint density at radius 1 is 1.19 bits per heavy atom. The zero-order chi connectivity index (χ0) is 22.0. The summed E-state index contributed by atoms with van der Waals surface area (Å²) in [6.07, 6.45) is 0.851. The highest BCUT2D eigenvalue weighted by molar-refractivity contribution is 6.04. The molecule has 1 atom stereocenters. The van der Waals surface area contributed by atoms with E-state index in [0.29, 0.717) is 28.3 Å². The van der Waals surface area contributed by atoms with Crippen molar-refractivity contribution >= 4 is 23.3 Å². The van der Waals surface area contributed by atoms with Gasteiger partial charge in [-0.1, -0.05) is 31.2 Å². The number of fused-ring (bicyclic) bond motifs is 1. The molecule has 0 saturated heterocycles. The van der Waals surface area contributed by atoms with Crippen LogP contribution in [0.4, 0.5) is 15.9 Å². The van der Waals surface area contributed by atoms with Gasteiger partial charge in [-0.15, -0.1) is 0 Å². The number of hydrogen-bond acceptors (Lipinski definition) is 4. The molecule has 2 aromatic carbocycles. The molecule has 0 aliphatic carbocycles. The third-order valence-corrected chi connectivity index (χ3v) is 5.26. The van der Waals surface area contributed by atoms with Crippen LogP contribution in [0.1, 0.15) is 30.6 Å². The summed E-state index contributed by atoms with van der Waals surface area (Å²) in [6, 6.07) is 12.8. The number of nitrogens with one attached hydrogen (secondary N) is 2. The maximum absolute atomic E-state index is 13.4. The van der Waals surface area contributed by atoms with E-state index in [4.69, 9.17) is 4.74 Å². The van der Waals surface area contributed by atoms with Gasteiger partial charge >= 0.3 is 0 Å². The predicted molar refractivity (Wildman–Crippen MR) is 115 cm³/mol. The Hall–Kier alpha value is -3.52. The molecule has 2 heterocycles. The van der Waals surface area contributed by atoms with Crippen LogP contribution in [0, 0.1) is 5.82 Å². The molecule has 4 rings (SSSR count). The minimum atomic E-state index is -0.783. The molecule has 0 spiro atoms. The summed E-state index contributed by atoms with van der Waals surface area (Å²) in [7, 11) is 1.55. The second kappa shape index (κ2) is 8.69. The largest absolute Gasteiger partial charge is 0.378 e. The minimum absolute atomic E-state index is 0.0642. The molecule has 0 bridgehead atoms. The van der Waals surface area contributed by atoms with E-state index in [2.05, 4.69) is 22.7 Å². The van der Waals surface area contributed by atoms with E-state index < -0.39 is 6.04 Å². The van der Waals surface area contributed by atoms with Crippen molar-refractivity contribution in [1.82, 2.24) is 9.78 Å². The number of methoxy groups -OCH3 is 1. The summed E-state index contributed by atoms with van der Waals surface area (Å²) in [5.41, 5.74) is 3.82. The molecule has 8 heteroatoms. The SMILES string of the molecule is CCc1ccc(NC(=O)CC2C(=O)Nc3c(-c4ccc(F)cc4)c(COC)nn32)cc1. The molecule has 1 unspecified atom stereocenters. The van der Waals surface area contributed by atoms with Crippen LogP contribution in [0.15, 0.2) is 48.5 Å². The van der Waals surface area contributed by atoms with Crippen molar-refractivity contribution in [1.29, 1.82) is 0 Å². The van der Waals surface area contributed by atoms with Gasteiger partial charge in [0.05, 0.1) is 18.7 Å². The van der Waals surface area contributed by atoms with Gasteiger partial charge in [0.1, 0.15) is 17.7 Å². The zero-order valence-electron chi connectivity index (χ0n) is 17.3. The lowest BCUT2D eigenvalue weighted by atomic mass is 10.1. The second-order valence-corrected chi connectivity index (χ2v) is 7.36. The van der Waals surface area contributed by atoms with E-state index in [1.165, 1.54) is 22.4 Å². The molecule has 3 aromatic rings. The van der Waals surface area contributed by atoms with Gasteiger partial charge < -0.3 is 15.4 Å². The maximum atomic E-state index is 13.4. The molecular formula is C23H23FN4O3. The number of aryl methyl sites for hydroxylation is 1. The van der Waals surface area contributed by atoms with Crippen molar-refractivity contribution < 1.29 is 18.7 Å². The molecule has 0 saturated carbocycles. The van der Waals surface area contributed by atoms with Crippen molar-refractivity contribution in [2.45, 2.75) is 32.4 Å². The Morgan fingerprint density at radius 3 is 2.55 bits per heavy atom. The van der Waals surface area contributed by atoms with E-state index >= 15 is 0 Å². The molecule has 1 aliphatic rings. The number of carbonyl (C=O) groups excluding carboxylic acids is 2. The van der Waals surface area contributed by atoms with E-state index in [1.807, 2.05) is 24.3 Å². The van der Waals surface area contributed by atoms with Crippen LogP contribution in [0.5, 0.6) is 0 Å². The summed E-state index contributed by atoms with van der Waals surface area (Å²) in [5, 5.41) is 10.2. The first-order valence-corrected chi connectivity index (χ1v) is 10.1. The summed E-state index contributed by atoms with van der Waals surface area (Å²) >= 11 is 0. The number of hydrogen-bond donors (Lipinski definition) is 2. The Morgan fingerprint density at radius 2 is 1.90 bits per heavy atom. The first-order chi connectivity index (χ1) is 15.0. The fourth-order valence-corrected chi connectivity index (χ4v) is 3.69. The molecule has 1 aromatic heterocycles. The van der Waals surface area contributed by atoms with Gasteiger partial charge in [0.2, 0.25) is 5.91 Å². The quantitative estimate of drug-likeness (QED) is 0.604. The number of anilines is 2. The first-order valence-electron chi connectivity index (χ1n) is 10.1. The van der Waals surface area contributed by atoms with Gasteiger partial charge in [0.25, 0.3) is 5.91 Å². The van der Waals surface area contributed by atoms with Crippen LogP contribution in [-0.4, -0.2) is 28.7 Å². The van der Waals surface area contributed by atoms with Gasteiger partial charge in [-0.25, -0.2) is 9.07 Å². The average molecular weight is 422 g/mol. The third kappa shape index (κ3) is 4.20. The second-order valence-electron chi connectivity index (χ2n) is 7.36. The topological polar surface area (TPSA) is 85.2 Å². The van der Waals surface area contributed by atoms with Gasteiger partial charge in [0, 0.05) is 18.4 Å². The van der Waals surface area contributed by atoms with Crippen LogP contribution in [0.25, 0.3) is 11.1 Å². The fraction of sp³-hybridized carbons (Fsp3) is 0.261. The molecule has 7 nitrogen and oxygen atoms in total. The standard InChI is InChI=1S/C23H23FN4O3/c1-3-14-4-10-17(11-5-14)25-20(29)12-19-23(30)26-22-21(15-6-8-16(24)9-7-15)18(13-31-2)27-28(19)22/h4-11,19H,3,12-13H2,1-2H3,(H,25,29)(H,26,30). The Balaban J connectivity index is 1.59. The van der Waals surface area contributed by atoms with Crippen LogP contribution in [-0.2, 0) is 27.4 Å². The summed E-state index contributed by atoms with van der Waals surface area (Å²) in [5.74, 6) is -0.476. The molecule has 0 radical (unpaired) electrons. The van der Waals surface area contributed by atoms with E-state index in [0.717, 1.165) is 6.42 Å². The Bertz CT molecular complexity index is 1110.